The highest BCUT2D eigenvalue weighted by Crippen LogP contribution is 2.58. The van der Waals surface area contributed by atoms with Gasteiger partial charge in [0.25, 0.3) is 0 Å². The molecule has 0 fully saturated rings. The van der Waals surface area contributed by atoms with Gasteiger partial charge in [-0.2, -0.15) is 0 Å². The van der Waals surface area contributed by atoms with Crippen molar-refractivity contribution in [3.63, 3.8) is 0 Å². The van der Waals surface area contributed by atoms with E-state index >= 15 is 0 Å². The molecule has 2 heterocycles. The van der Waals surface area contributed by atoms with Crippen LogP contribution in [0.1, 0.15) is 0 Å². The van der Waals surface area contributed by atoms with E-state index in [1.807, 2.05) is 30.6 Å². The molecule has 0 amide bonds. The first-order chi connectivity index (χ1) is 28.8. The molecule has 0 saturated heterocycles. The van der Waals surface area contributed by atoms with Crippen LogP contribution in [0.2, 0.25) is 0 Å². The van der Waals surface area contributed by atoms with Gasteiger partial charge in [0.05, 0.1) is 17.6 Å². The summed E-state index contributed by atoms with van der Waals surface area (Å²) in [7, 11) is 0. The second kappa shape index (κ2) is 12.9. The van der Waals surface area contributed by atoms with E-state index in [4.69, 9.17) is 4.42 Å². The van der Waals surface area contributed by atoms with Crippen molar-refractivity contribution < 1.29 is 4.42 Å². The second-order valence-corrected chi connectivity index (χ2v) is 15.0. The number of anilines is 3. The van der Waals surface area contributed by atoms with Gasteiger partial charge in [0, 0.05) is 22.7 Å². The Hall–Kier alpha value is -7.75. The first-order valence-corrected chi connectivity index (χ1v) is 19.8. The predicted octanol–water partition coefficient (Wildman–Crippen LogP) is 15.4. The van der Waals surface area contributed by atoms with Crippen molar-refractivity contribution in [3.05, 3.63) is 207 Å². The zero-order chi connectivity index (χ0) is 38.2. The van der Waals surface area contributed by atoms with Crippen molar-refractivity contribution in [2.45, 2.75) is 0 Å². The maximum atomic E-state index is 6.59. The Bertz CT molecular complexity index is 3290. The number of rotatable bonds is 6. The van der Waals surface area contributed by atoms with Crippen molar-refractivity contribution in [1.29, 1.82) is 0 Å². The summed E-state index contributed by atoms with van der Waals surface area (Å²) in [6, 6.07) is 70.0. The van der Waals surface area contributed by atoms with Gasteiger partial charge >= 0.3 is 0 Å². The zero-order valence-corrected chi connectivity index (χ0v) is 31.4. The SMILES string of the molecule is c1ccc(-c2c3c(c(-c4ccccc4)c4ccccc24)-c2ccc(-c4cccc(N(c5cccnc5)c5cccc6c5oc5ccccc56)c4)c4cccc-3c24)cc1. The third-order valence-electron chi connectivity index (χ3n) is 11.9. The van der Waals surface area contributed by atoms with Gasteiger partial charge in [-0.1, -0.05) is 158 Å². The van der Waals surface area contributed by atoms with Crippen molar-refractivity contribution in [1.82, 2.24) is 4.98 Å². The fourth-order valence-corrected chi connectivity index (χ4v) is 9.50. The second-order valence-electron chi connectivity index (χ2n) is 15.0. The monoisotopic (exact) mass is 738 g/mol. The van der Waals surface area contributed by atoms with Gasteiger partial charge in [-0.3, -0.25) is 4.98 Å². The maximum Gasteiger partial charge on any atom is 0.159 e. The highest BCUT2D eigenvalue weighted by molar-refractivity contribution is 6.28. The molecule has 12 rings (SSSR count). The highest BCUT2D eigenvalue weighted by Gasteiger charge is 2.31. The lowest BCUT2D eigenvalue weighted by atomic mass is 9.82. The lowest BCUT2D eigenvalue weighted by Gasteiger charge is -2.25. The smallest absolute Gasteiger partial charge is 0.159 e. The van der Waals surface area contributed by atoms with Gasteiger partial charge in [0.2, 0.25) is 0 Å². The third kappa shape index (κ3) is 4.84. The number of pyridine rings is 1. The van der Waals surface area contributed by atoms with Crippen LogP contribution in [-0.2, 0) is 0 Å². The normalized spacial score (nSPS) is 11.8. The molecule has 0 bridgehead atoms. The topological polar surface area (TPSA) is 29.3 Å². The van der Waals surface area contributed by atoms with Gasteiger partial charge in [-0.15, -0.1) is 0 Å². The molecule has 9 aromatic carbocycles. The first kappa shape index (κ1) is 32.5. The molecule has 270 valence electrons. The van der Waals surface area contributed by atoms with E-state index in [0.29, 0.717) is 0 Å². The van der Waals surface area contributed by atoms with Gasteiger partial charge < -0.3 is 9.32 Å². The molecular formula is C55H34N2O. The van der Waals surface area contributed by atoms with Gasteiger partial charge in [-0.05, 0) is 114 Å². The lowest BCUT2D eigenvalue weighted by Crippen LogP contribution is -2.10. The summed E-state index contributed by atoms with van der Waals surface area (Å²) in [6.07, 6.45) is 3.74. The Morgan fingerprint density at radius 3 is 1.67 bits per heavy atom. The molecule has 11 aromatic rings. The van der Waals surface area contributed by atoms with Crippen LogP contribution < -0.4 is 4.90 Å². The summed E-state index contributed by atoms with van der Waals surface area (Å²) in [6.45, 7) is 0. The Balaban J connectivity index is 1.10. The molecule has 0 radical (unpaired) electrons. The van der Waals surface area contributed by atoms with E-state index in [-0.39, 0.29) is 0 Å². The quantitative estimate of drug-likeness (QED) is 0.170. The first-order valence-electron chi connectivity index (χ1n) is 19.8. The lowest BCUT2D eigenvalue weighted by molar-refractivity contribution is 0.669. The van der Waals surface area contributed by atoms with Crippen molar-refractivity contribution in [3.8, 4) is 55.6 Å². The summed E-state index contributed by atoms with van der Waals surface area (Å²) in [5.41, 5.74) is 17.2. The zero-order valence-electron chi connectivity index (χ0n) is 31.4. The van der Waals surface area contributed by atoms with Crippen LogP contribution in [0.15, 0.2) is 211 Å². The van der Waals surface area contributed by atoms with E-state index in [1.165, 1.54) is 71.6 Å². The van der Waals surface area contributed by atoms with Gasteiger partial charge in [0.15, 0.2) is 5.58 Å². The average Bonchev–Trinajstić information content (AvgIpc) is 3.84. The Morgan fingerprint density at radius 1 is 0.379 bits per heavy atom. The molecule has 2 aromatic heterocycles. The van der Waals surface area contributed by atoms with Gasteiger partial charge in [-0.25, -0.2) is 0 Å². The molecule has 0 N–H and O–H groups in total. The summed E-state index contributed by atoms with van der Waals surface area (Å²) < 4.78 is 6.59. The molecule has 1 aliphatic carbocycles. The van der Waals surface area contributed by atoms with Crippen LogP contribution in [0.5, 0.6) is 0 Å². The fourth-order valence-electron chi connectivity index (χ4n) is 9.50. The number of hydrogen-bond acceptors (Lipinski definition) is 3. The van der Waals surface area contributed by atoms with Crippen LogP contribution in [-0.4, -0.2) is 4.98 Å². The molecule has 3 heteroatoms. The average molecular weight is 739 g/mol. The maximum absolute atomic E-state index is 6.59. The molecular weight excluding hydrogens is 705 g/mol. The molecule has 0 atom stereocenters. The Kier molecular flexibility index (Phi) is 7.23. The minimum atomic E-state index is 0.844. The van der Waals surface area contributed by atoms with Crippen LogP contribution >= 0.6 is 0 Å². The van der Waals surface area contributed by atoms with Crippen molar-refractivity contribution in [2.24, 2.45) is 0 Å². The summed E-state index contributed by atoms with van der Waals surface area (Å²) in [5, 5.41) is 7.24. The van der Waals surface area contributed by atoms with E-state index in [9.17, 15) is 0 Å². The minimum Gasteiger partial charge on any atom is -0.454 e. The molecule has 3 nitrogen and oxygen atoms in total. The fraction of sp³-hybridized carbons (Fsp3) is 0. The van der Waals surface area contributed by atoms with Gasteiger partial charge in [0.1, 0.15) is 5.58 Å². The number of benzene rings is 9. The number of para-hydroxylation sites is 2. The molecule has 1 aliphatic rings. The minimum absolute atomic E-state index is 0.844. The summed E-state index contributed by atoms with van der Waals surface area (Å²) >= 11 is 0. The molecule has 0 aliphatic heterocycles. The largest absolute Gasteiger partial charge is 0.454 e. The molecule has 0 saturated carbocycles. The highest BCUT2D eigenvalue weighted by atomic mass is 16.3. The van der Waals surface area contributed by atoms with Crippen LogP contribution in [0.25, 0.3) is 99.1 Å². The standard InChI is InChI=1S/C55H34N2O/c1-3-15-35(16-4-1)50-43-23-7-8-24-44(43)51(36-17-5-2-6-18-36)54-47-31-30-40(42-25-12-27-46(52(42)47)53(50)54)37-19-11-20-38(33-37)57(39-21-14-32-56-34-39)48-28-13-26-45-41-22-9-10-29-49(41)58-55(45)48/h1-34H. The van der Waals surface area contributed by atoms with E-state index in [0.717, 1.165) is 44.6 Å². The number of hydrogen-bond donors (Lipinski definition) is 0. The van der Waals surface area contributed by atoms with Crippen LogP contribution in [0.3, 0.4) is 0 Å². The number of aromatic nitrogens is 1. The Morgan fingerprint density at radius 2 is 0.948 bits per heavy atom. The number of furan rings is 1. The number of nitrogens with zero attached hydrogens (tertiary/aromatic N) is 2. The third-order valence-corrected chi connectivity index (χ3v) is 11.9. The van der Waals surface area contributed by atoms with Crippen LogP contribution in [0, 0.1) is 0 Å². The molecule has 58 heavy (non-hydrogen) atoms. The summed E-state index contributed by atoms with van der Waals surface area (Å²) in [5.74, 6) is 0. The van der Waals surface area contributed by atoms with E-state index in [2.05, 4.69) is 186 Å². The molecule has 0 unspecified atom stereocenters. The van der Waals surface area contributed by atoms with Crippen molar-refractivity contribution in [2.75, 3.05) is 4.90 Å². The van der Waals surface area contributed by atoms with Crippen molar-refractivity contribution >= 4 is 60.5 Å². The summed E-state index contributed by atoms with van der Waals surface area (Å²) in [4.78, 5) is 6.82. The van der Waals surface area contributed by atoms with E-state index in [1.54, 1.807) is 0 Å². The van der Waals surface area contributed by atoms with Crippen LogP contribution in [0.4, 0.5) is 17.1 Å². The number of fused-ring (bicyclic) bond motifs is 7. The van der Waals surface area contributed by atoms with E-state index < -0.39 is 0 Å². The Labute approximate surface area is 335 Å². The predicted molar refractivity (Wildman–Crippen MR) is 242 cm³/mol. The molecule has 0 spiro atoms.